The minimum atomic E-state index is -1.11. The largest absolute Gasteiger partial charge is 0.463 e. The molecule has 1 N–H and O–H groups in total. The highest BCUT2D eigenvalue weighted by atomic mass is 32.1. The second kappa shape index (κ2) is 5.27. The number of carboxylic acid groups (broad SMARTS) is 1. The predicted octanol–water partition coefficient (Wildman–Crippen LogP) is 3.27. The summed E-state index contributed by atoms with van der Waals surface area (Å²) in [6.07, 6.45) is 0.417. The summed E-state index contributed by atoms with van der Waals surface area (Å²) in [6, 6.07) is 10.6. The summed E-state index contributed by atoms with van der Waals surface area (Å²) in [4.78, 5) is 11.1. The maximum absolute atomic E-state index is 11.1. The van der Waals surface area contributed by atoms with Crippen LogP contribution < -0.4 is 5.01 Å². The maximum Gasteiger partial charge on any atom is 0.432 e. The Bertz CT molecular complexity index is 509. The van der Waals surface area contributed by atoms with Gasteiger partial charge < -0.3 is 5.11 Å². The predicted molar refractivity (Wildman–Crippen MR) is 68.9 cm³/mol. The molecular weight excluding hydrogens is 236 g/mol. The second-order valence-electron chi connectivity index (χ2n) is 3.23. The molecule has 0 aliphatic rings. The van der Waals surface area contributed by atoms with Gasteiger partial charge in [0.2, 0.25) is 0 Å². The molecular formula is C12H10N2O2S. The average molecular weight is 246 g/mol. The summed E-state index contributed by atoms with van der Waals surface area (Å²) in [7, 11) is 0. The summed E-state index contributed by atoms with van der Waals surface area (Å²) < 4.78 is 0. The van der Waals surface area contributed by atoms with Crippen molar-refractivity contribution in [3.8, 4) is 0 Å². The molecule has 1 aromatic carbocycles. The van der Waals surface area contributed by atoms with E-state index in [4.69, 9.17) is 5.11 Å². The summed E-state index contributed by atoms with van der Waals surface area (Å²) in [5.74, 6) is 0. The molecule has 0 saturated carbocycles. The molecule has 0 atom stereocenters. The monoisotopic (exact) mass is 246 g/mol. The van der Waals surface area contributed by atoms with Gasteiger partial charge in [-0.05, 0) is 29.0 Å². The summed E-state index contributed by atoms with van der Waals surface area (Å²) in [6.45, 7) is 0. The lowest BCUT2D eigenvalue weighted by Crippen LogP contribution is -2.23. The fourth-order valence-electron chi connectivity index (χ4n) is 1.27. The van der Waals surface area contributed by atoms with Gasteiger partial charge >= 0.3 is 6.09 Å². The smallest absolute Gasteiger partial charge is 0.432 e. The van der Waals surface area contributed by atoms with E-state index in [2.05, 4.69) is 5.10 Å². The van der Waals surface area contributed by atoms with E-state index < -0.39 is 6.09 Å². The lowest BCUT2D eigenvalue weighted by molar-refractivity contribution is 0.202. The zero-order valence-electron chi connectivity index (χ0n) is 8.85. The summed E-state index contributed by atoms with van der Waals surface area (Å²) >= 11 is 1.54. The van der Waals surface area contributed by atoms with Crippen molar-refractivity contribution in [2.24, 2.45) is 5.10 Å². The van der Waals surface area contributed by atoms with Gasteiger partial charge in [0, 0.05) is 5.56 Å². The van der Waals surface area contributed by atoms with Crippen LogP contribution in [-0.4, -0.2) is 17.4 Å². The van der Waals surface area contributed by atoms with Crippen molar-refractivity contribution in [3.63, 3.8) is 0 Å². The SMILES string of the molecule is O=C(O)N(N=Cc1ccsc1)c1ccccc1. The number of thiophene rings is 1. The number of anilines is 1. The molecule has 1 aromatic heterocycles. The second-order valence-corrected chi connectivity index (χ2v) is 4.01. The summed E-state index contributed by atoms with van der Waals surface area (Å²) in [5, 5.41) is 17.8. The van der Waals surface area contributed by atoms with Crippen molar-refractivity contribution >= 4 is 29.3 Å². The van der Waals surface area contributed by atoms with Crippen molar-refractivity contribution in [2.45, 2.75) is 0 Å². The highest BCUT2D eigenvalue weighted by molar-refractivity contribution is 7.08. The van der Waals surface area contributed by atoms with Gasteiger partial charge in [0.1, 0.15) is 0 Å². The van der Waals surface area contributed by atoms with Crippen LogP contribution in [0.2, 0.25) is 0 Å². The van der Waals surface area contributed by atoms with E-state index in [9.17, 15) is 4.79 Å². The Hall–Kier alpha value is -2.14. The van der Waals surface area contributed by atoms with Crippen LogP contribution in [0.4, 0.5) is 10.5 Å². The highest BCUT2D eigenvalue weighted by Gasteiger charge is 2.11. The number of hydrazone groups is 1. The van der Waals surface area contributed by atoms with Gasteiger partial charge in [-0.2, -0.15) is 21.4 Å². The number of para-hydroxylation sites is 1. The van der Waals surface area contributed by atoms with Gasteiger partial charge in [0.15, 0.2) is 0 Å². The molecule has 86 valence electrons. The van der Waals surface area contributed by atoms with Gasteiger partial charge in [-0.1, -0.05) is 18.2 Å². The van der Waals surface area contributed by atoms with E-state index in [1.54, 1.807) is 24.3 Å². The third-order valence-corrected chi connectivity index (χ3v) is 2.75. The van der Waals surface area contributed by atoms with Crippen molar-refractivity contribution in [3.05, 3.63) is 52.7 Å². The van der Waals surface area contributed by atoms with E-state index >= 15 is 0 Å². The standard InChI is InChI=1S/C12H10N2O2S/c15-12(16)14(11-4-2-1-3-5-11)13-8-10-6-7-17-9-10/h1-9H,(H,15,16). The Labute approximate surface area is 102 Å². The molecule has 2 aromatic rings. The van der Waals surface area contributed by atoms with Crippen LogP contribution in [0, 0.1) is 0 Å². The Kier molecular flexibility index (Phi) is 3.52. The molecule has 1 amide bonds. The molecule has 0 spiro atoms. The Morgan fingerprint density at radius 1 is 1.29 bits per heavy atom. The highest BCUT2D eigenvalue weighted by Crippen LogP contribution is 2.14. The van der Waals surface area contributed by atoms with E-state index in [1.165, 1.54) is 17.6 Å². The zero-order valence-corrected chi connectivity index (χ0v) is 9.67. The van der Waals surface area contributed by atoms with Gasteiger partial charge in [-0.15, -0.1) is 0 Å². The average Bonchev–Trinajstić information content (AvgIpc) is 2.83. The van der Waals surface area contributed by atoms with E-state index in [-0.39, 0.29) is 0 Å². The number of rotatable bonds is 3. The van der Waals surface area contributed by atoms with Crippen LogP contribution in [0.1, 0.15) is 5.56 Å². The molecule has 0 fully saturated rings. The number of nitrogens with zero attached hydrogens (tertiary/aromatic N) is 2. The number of amides is 1. The molecule has 0 saturated heterocycles. The molecule has 0 unspecified atom stereocenters. The van der Waals surface area contributed by atoms with Gasteiger partial charge in [-0.25, -0.2) is 4.79 Å². The number of benzene rings is 1. The molecule has 5 heteroatoms. The molecule has 17 heavy (non-hydrogen) atoms. The number of hydrogen-bond donors (Lipinski definition) is 1. The topological polar surface area (TPSA) is 52.9 Å². The van der Waals surface area contributed by atoms with Crippen molar-refractivity contribution in [2.75, 3.05) is 5.01 Å². The lowest BCUT2D eigenvalue weighted by atomic mass is 10.3. The zero-order chi connectivity index (χ0) is 12.1. The van der Waals surface area contributed by atoms with Crippen LogP contribution in [0.5, 0.6) is 0 Å². The first kappa shape index (κ1) is 11.3. The normalized spacial score (nSPS) is 10.6. The Morgan fingerprint density at radius 3 is 2.65 bits per heavy atom. The Morgan fingerprint density at radius 2 is 2.06 bits per heavy atom. The number of carbonyl (C=O) groups is 1. The van der Waals surface area contributed by atoms with Gasteiger partial charge in [0.05, 0.1) is 11.9 Å². The van der Waals surface area contributed by atoms with E-state index in [0.29, 0.717) is 5.69 Å². The van der Waals surface area contributed by atoms with Gasteiger partial charge in [0.25, 0.3) is 0 Å². The lowest BCUT2D eigenvalue weighted by Gasteiger charge is -2.12. The Balaban J connectivity index is 2.22. The van der Waals surface area contributed by atoms with Crippen molar-refractivity contribution in [1.29, 1.82) is 0 Å². The first-order valence-corrected chi connectivity index (χ1v) is 5.86. The summed E-state index contributed by atoms with van der Waals surface area (Å²) in [5.41, 5.74) is 1.41. The fraction of sp³-hybridized carbons (Fsp3) is 0. The van der Waals surface area contributed by atoms with Gasteiger partial charge in [-0.3, -0.25) is 0 Å². The van der Waals surface area contributed by atoms with Crippen LogP contribution in [0.3, 0.4) is 0 Å². The van der Waals surface area contributed by atoms with Crippen LogP contribution in [0.25, 0.3) is 0 Å². The molecule has 2 rings (SSSR count). The first-order valence-electron chi connectivity index (χ1n) is 4.91. The van der Waals surface area contributed by atoms with E-state index in [0.717, 1.165) is 10.6 Å². The van der Waals surface area contributed by atoms with Crippen LogP contribution in [-0.2, 0) is 0 Å². The van der Waals surface area contributed by atoms with Crippen molar-refractivity contribution < 1.29 is 9.90 Å². The minimum absolute atomic E-state index is 0.520. The first-order chi connectivity index (χ1) is 8.27. The molecule has 0 bridgehead atoms. The molecule has 0 radical (unpaired) electrons. The van der Waals surface area contributed by atoms with Crippen LogP contribution >= 0.6 is 11.3 Å². The quantitative estimate of drug-likeness (QED) is 0.667. The third-order valence-electron chi connectivity index (χ3n) is 2.05. The molecule has 1 heterocycles. The fourth-order valence-corrected chi connectivity index (χ4v) is 1.88. The maximum atomic E-state index is 11.1. The molecule has 4 nitrogen and oxygen atoms in total. The van der Waals surface area contributed by atoms with Crippen LogP contribution in [0.15, 0.2) is 52.3 Å². The third kappa shape index (κ3) is 2.92. The molecule has 0 aliphatic carbocycles. The van der Waals surface area contributed by atoms with E-state index in [1.807, 2.05) is 22.9 Å². The number of hydrogen-bond acceptors (Lipinski definition) is 3. The molecule has 0 aliphatic heterocycles. The van der Waals surface area contributed by atoms with Crippen molar-refractivity contribution in [1.82, 2.24) is 0 Å². The minimum Gasteiger partial charge on any atom is -0.463 e.